The van der Waals surface area contributed by atoms with Crippen LogP contribution in [0.2, 0.25) is 0 Å². The van der Waals surface area contributed by atoms with E-state index in [1.165, 1.54) is 51.4 Å². The second-order valence-electron chi connectivity index (χ2n) is 6.42. The Labute approximate surface area is 103 Å². The van der Waals surface area contributed by atoms with Gasteiger partial charge in [0.1, 0.15) is 0 Å². The van der Waals surface area contributed by atoms with Crippen molar-refractivity contribution >= 4 is 0 Å². The van der Waals surface area contributed by atoms with E-state index in [-0.39, 0.29) is 0 Å². The molecule has 0 aliphatic heterocycles. The molecule has 96 valence electrons. The predicted molar refractivity (Wildman–Crippen MR) is 73.6 cm³/mol. The van der Waals surface area contributed by atoms with Gasteiger partial charge in [-0.2, -0.15) is 0 Å². The van der Waals surface area contributed by atoms with Crippen LogP contribution in [-0.2, 0) is 0 Å². The predicted octanol–water partition coefficient (Wildman–Crippen LogP) is 5.67. The Morgan fingerprint density at radius 1 is 1.00 bits per heavy atom. The molecule has 0 bridgehead atoms. The van der Waals surface area contributed by atoms with Crippen molar-refractivity contribution in [2.45, 2.75) is 79.1 Å². The van der Waals surface area contributed by atoms with Crippen LogP contribution in [-0.4, -0.2) is 0 Å². The summed E-state index contributed by atoms with van der Waals surface area (Å²) < 4.78 is 0. The average molecular weight is 224 g/mol. The van der Waals surface area contributed by atoms with Gasteiger partial charge in [-0.15, -0.1) is 0 Å². The molecule has 0 aromatic heterocycles. The summed E-state index contributed by atoms with van der Waals surface area (Å²) in [6.07, 6.45) is 11.8. The van der Waals surface area contributed by atoms with Gasteiger partial charge < -0.3 is 0 Å². The van der Waals surface area contributed by atoms with Crippen molar-refractivity contribution in [3.05, 3.63) is 0 Å². The zero-order valence-corrected chi connectivity index (χ0v) is 12.0. The summed E-state index contributed by atoms with van der Waals surface area (Å²) in [6, 6.07) is 0. The lowest BCUT2D eigenvalue weighted by Gasteiger charge is -2.37. The summed E-state index contributed by atoms with van der Waals surface area (Å²) in [7, 11) is 0. The first-order valence-electron chi connectivity index (χ1n) is 7.65. The van der Waals surface area contributed by atoms with E-state index >= 15 is 0 Å². The number of hydrogen-bond donors (Lipinski definition) is 0. The Morgan fingerprint density at radius 2 is 1.62 bits per heavy atom. The molecule has 1 saturated carbocycles. The molecule has 0 heteroatoms. The van der Waals surface area contributed by atoms with Crippen molar-refractivity contribution in [1.29, 1.82) is 0 Å². The number of rotatable bonds is 8. The van der Waals surface area contributed by atoms with Gasteiger partial charge in [-0.25, -0.2) is 0 Å². The van der Waals surface area contributed by atoms with E-state index in [0.29, 0.717) is 0 Å². The average Bonchev–Trinajstić information content (AvgIpc) is 2.17. The van der Waals surface area contributed by atoms with E-state index in [1.54, 1.807) is 0 Å². The maximum Gasteiger partial charge on any atom is -0.0363 e. The van der Waals surface area contributed by atoms with E-state index < -0.39 is 0 Å². The monoisotopic (exact) mass is 224 g/mol. The fourth-order valence-corrected chi connectivity index (χ4v) is 3.30. The molecule has 1 aliphatic carbocycles. The highest BCUT2D eigenvalue weighted by atomic mass is 14.3. The van der Waals surface area contributed by atoms with Crippen LogP contribution < -0.4 is 0 Å². The molecule has 0 aromatic carbocycles. The lowest BCUT2D eigenvalue weighted by Crippen LogP contribution is -2.26. The van der Waals surface area contributed by atoms with Crippen molar-refractivity contribution in [2.75, 3.05) is 0 Å². The van der Waals surface area contributed by atoms with Crippen molar-refractivity contribution in [2.24, 2.45) is 23.7 Å². The molecule has 2 unspecified atom stereocenters. The molecular weight excluding hydrogens is 192 g/mol. The van der Waals surface area contributed by atoms with Crippen molar-refractivity contribution in [3.63, 3.8) is 0 Å². The Morgan fingerprint density at radius 3 is 2.06 bits per heavy atom. The first-order valence-corrected chi connectivity index (χ1v) is 7.65. The summed E-state index contributed by atoms with van der Waals surface area (Å²) in [6.45, 7) is 9.58. The Bertz CT molecular complexity index is 167. The van der Waals surface area contributed by atoms with Crippen LogP contribution in [0.25, 0.3) is 0 Å². The van der Waals surface area contributed by atoms with E-state index in [1.807, 2.05) is 0 Å². The Kier molecular flexibility index (Phi) is 6.46. The standard InChI is InChI=1S/C16H32/c1-5-16(15-11-8-12-15)14(4)10-7-6-9-13(2)3/h13-16H,5-12H2,1-4H3. The van der Waals surface area contributed by atoms with E-state index in [0.717, 1.165) is 23.7 Å². The van der Waals surface area contributed by atoms with E-state index in [9.17, 15) is 0 Å². The smallest absolute Gasteiger partial charge is 0.0363 e. The number of hydrogen-bond acceptors (Lipinski definition) is 0. The highest BCUT2D eigenvalue weighted by molar-refractivity contribution is 4.80. The molecule has 1 aliphatic rings. The summed E-state index contributed by atoms with van der Waals surface area (Å²) in [5.41, 5.74) is 0. The lowest BCUT2D eigenvalue weighted by molar-refractivity contribution is 0.139. The molecule has 0 N–H and O–H groups in total. The SMILES string of the molecule is CCC(C(C)CCCCC(C)C)C1CCC1. The first kappa shape index (κ1) is 14.1. The Balaban J connectivity index is 2.13. The highest BCUT2D eigenvalue weighted by Gasteiger charge is 2.29. The summed E-state index contributed by atoms with van der Waals surface area (Å²) in [5.74, 6) is 3.99. The number of unbranched alkanes of at least 4 members (excludes halogenated alkanes) is 1. The lowest BCUT2D eigenvalue weighted by atomic mass is 9.69. The van der Waals surface area contributed by atoms with Crippen LogP contribution >= 0.6 is 0 Å². The van der Waals surface area contributed by atoms with Gasteiger partial charge in [-0.3, -0.25) is 0 Å². The van der Waals surface area contributed by atoms with E-state index in [4.69, 9.17) is 0 Å². The third-order valence-electron chi connectivity index (χ3n) is 4.65. The zero-order chi connectivity index (χ0) is 12.0. The molecule has 1 rings (SSSR count). The summed E-state index contributed by atoms with van der Waals surface area (Å²) >= 11 is 0. The van der Waals surface area contributed by atoms with Crippen molar-refractivity contribution in [3.8, 4) is 0 Å². The quantitative estimate of drug-likeness (QED) is 0.466. The molecule has 0 radical (unpaired) electrons. The second kappa shape index (κ2) is 7.35. The second-order valence-corrected chi connectivity index (χ2v) is 6.42. The third-order valence-corrected chi connectivity index (χ3v) is 4.65. The topological polar surface area (TPSA) is 0 Å². The van der Waals surface area contributed by atoms with Gasteiger partial charge in [-0.1, -0.05) is 79.1 Å². The maximum atomic E-state index is 2.50. The van der Waals surface area contributed by atoms with Gasteiger partial charge in [-0.05, 0) is 23.7 Å². The van der Waals surface area contributed by atoms with Crippen LogP contribution in [0.4, 0.5) is 0 Å². The third kappa shape index (κ3) is 4.47. The minimum Gasteiger partial charge on any atom is -0.0651 e. The minimum absolute atomic E-state index is 0.893. The molecule has 16 heavy (non-hydrogen) atoms. The molecule has 0 heterocycles. The van der Waals surface area contributed by atoms with Crippen LogP contribution in [0.1, 0.15) is 79.1 Å². The van der Waals surface area contributed by atoms with Crippen LogP contribution in [0.3, 0.4) is 0 Å². The van der Waals surface area contributed by atoms with Gasteiger partial charge in [0, 0.05) is 0 Å². The molecule has 0 amide bonds. The normalized spacial score (nSPS) is 20.8. The minimum atomic E-state index is 0.893. The molecule has 0 nitrogen and oxygen atoms in total. The van der Waals surface area contributed by atoms with Crippen molar-refractivity contribution < 1.29 is 0 Å². The largest absolute Gasteiger partial charge is 0.0651 e. The first-order chi connectivity index (χ1) is 7.65. The molecule has 0 spiro atoms. The molecule has 1 fully saturated rings. The van der Waals surface area contributed by atoms with Gasteiger partial charge in [0.2, 0.25) is 0 Å². The van der Waals surface area contributed by atoms with Crippen LogP contribution in [0.15, 0.2) is 0 Å². The zero-order valence-electron chi connectivity index (χ0n) is 12.0. The maximum absolute atomic E-state index is 2.50. The van der Waals surface area contributed by atoms with Crippen LogP contribution in [0, 0.1) is 23.7 Å². The molecule has 0 saturated heterocycles. The Hall–Kier alpha value is 0. The molecule has 0 aromatic rings. The van der Waals surface area contributed by atoms with Crippen molar-refractivity contribution in [1.82, 2.24) is 0 Å². The van der Waals surface area contributed by atoms with E-state index in [2.05, 4.69) is 27.7 Å². The fraction of sp³-hybridized carbons (Fsp3) is 1.00. The van der Waals surface area contributed by atoms with Gasteiger partial charge in [0.25, 0.3) is 0 Å². The van der Waals surface area contributed by atoms with Gasteiger partial charge in [0.05, 0.1) is 0 Å². The molecule has 2 atom stereocenters. The van der Waals surface area contributed by atoms with Gasteiger partial charge in [0.15, 0.2) is 0 Å². The van der Waals surface area contributed by atoms with Crippen LogP contribution in [0.5, 0.6) is 0 Å². The van der Waals surface area contributed by atoms with Gasteiger partial charge >= 0.3 is 0 Å². The fourth-order valence-electron chi connectivity index (χ4n) is 3.30. The summed E-state index contributed by atoms with van der Waals surface area (Å²) in [4.78, 5) is 0. The molecular formula is C16H32. The highest BCUT2D eigenvalue weighted by Crippen LogP contribution is 2.40. The summed E-state index contributed by atoms with van der Waals surface area (Å²) in [5, 5.41) is 0.